The summed E-state index contributed by atoms with van der Waals surface area (Å²) in [6, 6.07) is 6.82. The van der Waals surface area contributed by atoms with Gasteiger partial charge in [0.15, 0.2) is 5.82 Å². The van der Waals surface area contributed by atoms with E-state index in [0.717, 1.165) is 0 Å². The van der Waals surface area contributed by atoms with Crippen LogP contribution in [0.15, 0.2) is 41.5 Å². The summed E-state index contributed by atoms with van der Waals surface area (Å²) in [5.41, 5.74) is -0.168. The molecule has 0 bridgehead atoms. The fraction of sp³-hybridized carbons (Fsp3) is 0.0833. The van der Waals surface area contributed by atoms with Crippen molar-refractivity contribution in [3.05, 3.63) is 58.7 Å². The molecule has 3 N–H and O–H groups in total. The molecular weight excluding hydrogens is 274 g/mol. The first-order chi connectivity index (χ1) is 10.2. The maximum absolute atomic E-state index is 12.0. The molecule has 0 aliphatic rings. The van der Waals surface area contributed by atoms with Gasteiger partial charge in [-0.2, -0.15) is 10.2 Å². The van der Waals surface area contributed by atoms with Crippen LogP contribution in [-0.4, -0.2) is 35.9 Å². The van der Waals surface area contributed by atoms with E-state index in [4.69, 9.17) is 0 Å². The number of hydrogen-bond acceptors (Lipinski definition) is 5. The Morgan fingerprint density at radius 1 is 1.33 bits per heavy atom. The van der Waals surface area contributed by atoms with Gasteiger partial charge in [-0.15, -0.1) is 0 Å². The average Bonchev–Trinajstić information content (AvgIpc) is 3.16. The molecule has 0 aliphatic heterocycles. The average molecular weight is 285 g/mol. The predicted octanol–water partition coefficient (Wildman–Crippen LogP) is -0.391. The predicted molar refractivity (Wildman–Crippen MR) is 71.7 cm³/mol. The van der Waals surface area contributed by atoms with Crippen LogP contribution in [0.5, 0.6) is 0 Å². The van der Waals surface area contributed by atoms with Gasteiger partial charge in [0.2, 0.25) is 0 Å². The Morgan fingerprint density at radius 2 is 2.24 bits per heavy atom. The van der Waals surface area contributed by atoms with E-state index in [2.05, 4.69) is 30.6 Å². The highest BCUT2D eigenvalue weighted by Gasteiger charge is 2.09. The van der Waals surface area contributed by atoms with Crippen molar-refractivity contribution in [2.75, 3.05) is 0 Å². The minimum Gasteiger partial charge on any atom is -0.343 e. The van der Waals surface area contributed by atoms with Crippen molar-refractivity contribution < 1.29 is 4.79 Å². The fourth-order valence-corrected chi connectivity index (χ4v) is 1.73. The number of carbonyl (C=O) groups is 1. The van der Waals surface area contributed by atoms with Gasteiger partial charge in [0.25, 0.3) is 5.91 Å². The molecule has 9 heteroatoms. The first kappa shape index (κ1) is 12.8. The molecule has 3 aromatic heterocycles. The maximum Gasteiger partial charge on any atom is 0.340 e. The van der Waals surface area contributed by atoms with E-state index in [1.54, 1.807) is 41.3 Å². The SMILES string of the molecule is O=C(NCc1n[nH]c(=O)[nH]1)c1cccc(-n2cccn2)n1. The molecule has 21 heavy (non-hydrogen) atoms. The molecule has 9 nitrogen and oxygen atoms in total. The Bertz CT molecular complexity index is 803. The number of H-pyrrole nitrogens is 2. The van der Waals surface area contributed by atoms with E-state index in [0.29, 0.717) is 11.6 Å². The van der Waals surface area contributed by atoms with Crippen molar-refractivity contribution in [3.63, 3.8) is 0 Å². The topological polar surface area (TPSA) is 121 Å². The van der Waals surface area contributed by atoms with Gasteiger partial charge in [-0.25, -0.2) is 19.6 Å². The molecule has 0 aromatic carbocycles. The molecule has 0 aliphatic carbocycles. The van der Waals surface area contributed by atoms with Crippen molar-refractivity contribution in [1.29, 1.82) is 0 Å². The smallest absolute Gasteiger partial charge is 0.340 e. The lowest BCUT2D eigenvalue weighted by Gasteiger charge is -2.05. The molecule has 0 spiro atoms. The third kappa shape index (κ3) is 2.86. The summed E-state index contributed by atoms with van der Waals surface area (Å²) in [6.07, 6.45) is 3.36. The van der Waals surface area contributed by atoms with Crippen molar-refractivity contribution in [2.45, 2.75) is 6.54 Å². The monoisotopic (exact) mass is 285 g/mol. The normalized spacial score (nSPS) is 10.5. The summed E-state index contributed by atoms with van der Waals surface area (Å²) in [7, 11) is 0. The van der Waals surface area contributed by atoms with Crippen LogP contribution in [0.25, 0.3) is 5.82 Å². The van der Waals surface area contributed by atoms with Gasteiger partial charge < -0.3 is 5.32 Å². The van der Waals surface area contributed by atoms with Crippen LogP contribution < -0.4 is 11.0 Å². The highest BCUT2D eigenvalue weighted by molar-refractivity contribution is 5.92. The molecule has 0 saturated carbocycles. The Balaban J connectivity index is 1.72. The number of nitrogens with one attached hydrogen (secondary N) is 3. The second-order valence-electron chi connectivity index (χ2n) is 4.14. The Hall–Kier alpha value is -3.23. The van der Waals surface area contributed by atoms with Crippen LogP contribution in [0, 0.1) is 0 Å². The lowest BCUT2D eigenvalue weighted by atomic mass is 10.3. The van der Waals surface area contributed by atoms with Gasteiger partial charge in [-0.1, -0.05) is 6.07 Å². The number of aromatic nitrogens is 6. The summed E-state index contributed by atoms with van der Waals surface area (Å²) >= 11 is 0. The van der Waals surface area contributed by atoms with Crippen LogP contribution in [0.2, 0.25) is 0 Å². The molecule has 1 amide bonds. The van der Waals surface area contributed by atoms with Crippen LogP contribution in [0.4, 0.5) is 0 Å². The van der Waals surface area contributed by atoms with Crippen molar-refractivity contribution in [3.8, 4) is 5.82 Å². The number of nitrogens with zero attached hydrogens (tertiary/aromatic N) is 4. The van der Waals surface area contributed by atoms with Crippen LogP contribution in [-0.2, 0) is 6.54 Å². The fourth-order valence-electron chi connectivity index (χ4n) is 1.73. The van der Waals surface area contributed by atoms with Crippen LogP contribution in [0.1, 0.15) is 16.3 Å². The molecule has 0 atom stereocenters. The van der Waals surface area contributed by atoms with E-state index >= 15 is 0 Å². The van der Waals surface area contributed by atoms with Crippen molar-refractivity contribution in [1.82, 2.24) is 35.3 Å². The second-order valence-corrected chi connectivity index (χ2v) is 4.14. The van der Waals surface area contributed by atoms with E-state index in [-0.39, 0.29) is 18.1 Å². The van der Waals surface area contributed by atoms with Crippen LogP contribution in [0.3, 0.4) is 0 Å². The molecule has 0 fully saturated rings. The zero-order valence-corrected chi connectivity index (χ0v) is 10.8. The maximum atomic E-state index is 12.0. The standard InChI is InChI=1S/C12H11N7O2/c20-11(13-7-9-16-12(21)18-17-9)8-3-1-4-10(15-8)19-6-2-5-14-19/h1-6H,7H2,(H,13,20)(H2,16,17,18,21). The Kier molecular flexibility index (Phi) is 3.29. The van der Waals surface area contributed by atoms with Crippen LogP contribution >= 0.6 is 0 Å². The summed E-state index contributed by atoms with van der Waals surface area (Å²) in [5, 5.41) is 12.6. The Labute approximate surface area is 118 Å². The van der Waals surface area contributed by atoms with Gasteiger partial charge in [-0.3, -0.25) is 9.78 Å². The number of hydrogen-bond donors (Lipinski definition) is 3. The third-order valence-electron chi connectivity index (χ3n) is 2.67. The first-order valence-electron chi connectivity index (χ1n) is 6.11. The number of carbonyl (C=O) groups excluding carboxylic acids is 1. The van der Waals surface area contributed by atoms with Gasteiger partial charge in [0.05, 0.1) is 6.54 Å². The summed E-state index contributed by atoms with van der Waals surface area (Å²) < 4.78 is 1.56. The zero-order chi connectivity index (χ0) is 14.7. The molecule has 3 heterocycles. The number of pyridine rings is 1. The lowest BCUT2D eigenvalue weighted by molar-refractivity contribution is 0.0945. The Morgan fingerprint density at radius 3 is 2.95 bits per heavy atom. The summed E-state index contributed by atoms with van der Waals surface area (Å²) in [4.78, 5) is 29.6. The van der Waals surface area contributed by atoms with E-state index in [1.165, 1.54) is 0 Å². The van der Waals surface area contributed by atoms with Gasteiger partial charge >= 0.3 is 5.69 Å². The highest BCUT2D eigenvalue weighted by Crippen LogP contribution is 2.04. The minimum atomic E-state index is -0.418. The molecule has 0 unspecified atom stereocenters. The van der Waals surface area contributed by atoms with E-state index in [9.17, 15) is 9.59 Å². The molecular formula is C12H11N7O2. The lowest BCUT2D eigenvalue weighted by Crippen LogP contribution is -2.25. The first-order valence-corrected chi connectivity index (χ1v) is 6.11. The summed E-state index contributed by atoms with van der Waals surface area (Å²) in [6.45, 7) is 0.102. The molecule has 3 rings (SSSR count). The molecule has 0 saturated heterocycles. The van der Waals surface area contributed by atoms with E-state index < -0.39 is 5.69 Å². The zero-order valence-electron chi connectivity index (χ0n) is 10.8. The van der Waals surface area contributed by atoms with Crippen molar-refractivity contribution >= 4 is 5.91 Å². The largest absolute Gasteiger partial charge is 0.343 e. The molecule has 106 valence electrons. The second kappa shape index (κ2) is 5.41. The van der Waals surface area contributed by atoms with E-state index in [1.807, 2.05) is 0 Å². The highest BCUT2D eigenvalue weighted by atomic mass is 16.2. The molecule has 3 aromatic rings. The quantitative estimate of drug-likeness (QED) is 0.602. The third-order valence-corrected chi connectivity index (χ3v) is 2.67. The van der Waals surface area contributed by atoms with Crippen molar-refractivity contribution in [2.24, 2.45) is 0 Å². The van der Waals surface area contributed by atoms with Gasteiger partial charge in [-0.05, 0) is 18.2 Å². The number of rotatable bonds is 4. The van der Waals surface area contributed by atoms with Gasteiger partial charge in [0, 0.05) is 12.4 Å². The number of amides is 1. The summed E-state index contributed by atoms with van der Waals surface area (Å²) in [5.74, 6) is 0.519. The minimum absolute atomic E-state index is 0.102. The molecule has 0 radical (unpaired) electrons. The number of aromatic amines is 2. The van der Waals surface area contributed by atoms with Gasteiger partial charge in [0.1, 0.15) is 11.5 Å².